The van der Waals surface area contributed by atoms with Crippen LogP contribution in [0.1, 0.15) is 12.8 Å². The quantitative estimate of drug-likeness (QED) is 0.712. The van der Waals surface area contributed by atoms with Crippen LogP contribution in [0.4, 0.5) is 26.3 Å². The summed E-state index contributed by atoms with van der Waals surface area (Å²) in [6.45, 7) is -0.573. The van der Waals surface area contributed by atoms with Gasteiger partial charge in [-0.1, -0.05) is 0 Å². The Morgan fingerprint density at radius 1 is 1.00 bits per heavy atom. The molecule has 1 rings (SSSR count). The molecule has 1 fully saturated rings. The monoisotopic (exact) mass is 221 g/mol. The standard InChI is InChI=1S/C7H9F6N/c8-6(9,10)4(7(11,12)13)5(3-14)1-2-5/h4H,1-3,14H2. The summed E-state index contributed by atoms with van der Waals surface area (Å²) in [5.74, 6) is -3.27. The van der Waals surface area contributed by atoms with Crippen LogP contribution in [0.5, 0.6) is 0 Å². The van der Waals surface area contributed by atoms with Crippen molar-refractivity contribution in [2.75, 3.05) is 6.54 Å². The van der Waals surface area contributed by atoms with Gasteiger partial charge in [0.25, 0.3) is 0 Å². The molecule has 1 aliphatic carbocycles. The van der Waals surface area contributed by atoms with Crippen LogP contribution in [0.25, 0.3) is 0 Å². The molecule has 1 aliphatic rings. The van der Waals surface area contributed by atoms with Gasteiger partial charge in [0.15, 0.2) is 5.92 Å². The van der Waals surface area contributed by atoms with Crippen LogP contribution >= 0.6 is 0 Å². The molecular weight excluding hydrogens is 212 g/mol. The predicted octanol–water partition coefficient (Wildman–Crippen LogP) is 2.47. The molecule has 0 amide bonds. The molecule has 0 bridgehead atoms. The van der Waals surface area contributed by atoms with Crippen molar-refractivity contribution in [2.24, 2.45) is 17.1 Å². The molecule has 2 N–H and O–H groups in total. The molecule has 0 heterocycles. The summed E-state index contributed by atoms with van der Waals surface area (Å²) >= 11 is 0. The molecule has 1 saturated carbocycles. The van der Waals surface area contributed by atoms with Gasteiger partial charge in [0.1, 0.15) is 0 Å². The van der Waals surface area contributed by atoms with E-state index in [9.17, 15) is 26.3 Å². The second kappa shape index (κ2) is 3.01. The Balaban J connectivity index is 2.95. The van der Waals surface area contributed by atoms with Gasteiger partial charge < -0.3 is 5.73 Å². The van der Waals surface area contributed by atoms with Crippen LogP contribution in [0, 0.1) is 11.3 Å². The number of nitrogens with two attached hydrogens (primary N) is 1. The van der Waals surface area contributed by atoms with Crippen molar-refractivity contribution in [1.82, 2.24) is 0 Å². The van der Waals surface area contributed by atoms with Gasteiger partial charge in [-0.3, -0.25) is 0 Å². The van der Waals surface area contributed by atoms with E-state index in [0.29, 0.717) is 0 Å². The molecular formula is C7H9F6N. The Labute approximate surface area is 76.3 Å². The Bertz CT molecular complexity index is 199. The first-order chi connectivity index (χ1) is 6.13. The third-order valence-electron chi connectivity index (χ3n) is 2.57. The van der Waals surface area contributed by atoms with Crippen LogP contribution < -0.4 is 5.73 Å². The van der Waals surface area contributed by atoms with Gasteiger partial charge in [-0.05, 0) is 19.4 Å². The van der Waals surface area contributed by atoms with Crippen molar-refractivity contribution < 1.29 is 26.3 Å². The van der Waals surface area contributed by atoms with E-state index in [1.807, 2.05) is 0 Å². The van der Waals surface area contributed by atoms with Crippen LogP contribution in [0.2, 0.25) is 0 Å². The molecule has 0 aromatic rings. The lowest BCUT2D eigenvalue weighted by atomic mass is 9.88. The molecule has 0 saturated heterocycles. The van der Waals surface area contributed by atoms with Crippen molar-refractivity contribution in [3.63, 3.8) is 0 Å². The fourth-order valence-electron chi connectivity index (χ4n) is 1.65. The first kappa shape index (κ1) is 11.6. The smallest absolute Gasteiger partial charge is 0.330 e. The Morgan fingerprint density at radius 2 is 1.36 bits per heavy atom. The second-order valence-electron chi connectivity index (χ2n) is 3.58. The van der Waals surface area contributed by atoms with Gasteiger partial charge in [0.05, 0.1) is 0 Å². The summed E-state index contributed by atoms with van der Waals surface area (Å²) in [6, 6.07) is 0. The highest BCUT2D eigenvalue weighted by molar-refractivity contribution is 5.04. The molecule has 0 aromatic heterocycles. The van der Waals surface area contributed by atoms with Crippen LogP contribution in [0.3, 0.4) is 0 Å². The van der Waals surface area contributed by atoms with Crippen molar-refractivity contribution in [2.45, 2.75) is 25.2 Å². The summed E-state index contributed by atoms with van der Waals surface area (Å²) in [5.41, 5.74) is 3.17. The minimum atomic E-state index is -5.26. The number of halogens is 6. The van der Waals surface area contributed by atoms with Crippen LogP contribution in [-0.2, 0) is 0 Å². The number of rotatable bonds is 2. The average Bonchev–Trinajstić information content (AvgIpc) is 2.62. The van der Waals surface area contributed by atoms with Crippen LogP contribution in [0.15, 0.2) is 0 Å². The van der Waals surface area contributed by atoms with E-state index in [1.165, 1.54) is 0 Å². The average molecular weight is 221 g/mol. The van der Waals surface area contributed by atoms with Gasteiger partial charge in [0.2, 0.25) is 0 Å². The van der Waals surface area contributed by atoms with E-state index in [2.05, 4.69) is 0 Å². The molecule has 7 heteroatoms. The maximum Gasteiger partial charge on any atom is 0.401 e. The summed E-state index contributed by atoms with van der Waals surface area (Å²) in [6.07, 6.45) is -10.7. The van der Waals surface area contributed by atoms with E-state index < -0.39 is 30.2 Å². The number of alkyl halides is 6. The molecule has 0 unspecified atom stereocenters. The molecule has 0 aliphatic heterocycles. The molecule has 84 valence electrons. The summed E-state index contributed by atoms with van der Waals surface area (Å²) in [7, 11) is 0. The predicted molar refractivity (Wildman–Crippen MR) is 36.3 cm³/mol. The Hall–Kier alpha value is -0.460. The van der Waals surface area contributed by atoms with Gasteiger partial charge >= 0.3 is 12.4 Å². The highest BCUT2D eigenvalue weighted by Gasteiger charge is 2.69. The van der Waals surface area contributed by atoms with Gasteiger partial charge in [0, 0.05) is 5.41 Å². The van der Waals surface area contributed by atoms with Crippen LogP contribution in [-0.4, -0.2) is 18.9 Å². The summed E-state index contributed by atoms with van der Waals surface area (Å²) < 4.78 is 73.0. The zero-order valence-corrected chi connectivity index (χ0v) is 7.04. The van der Waals surface area contributed by atoms with E-state index in [-0.39, 0.29) is 12.8 Å². The molecule has 0 atom stereocenters. The zero-order valence-electron chi connectivity index (χ0n) is 7.04. The lowest BCUT2D eigenvalue weighted by molar-refractivity contribution is -0.302. The van der Waals surface area contributed by atoms with Crippen molar-refractivity contribution in [3.05, 3.63) is 0 Å². The van der Waals surface area contributed by atoms with Gasteiger partial charge in [-0.25, -0.2) is 0 Å². The molecule has 14 heavy (non-hydrogen) atoms. The maximum atomic E-state index is 12.2. The van der Waals surface area contributed by atoms with E-state index in [1.54, 1.807) is 0 Å². The maximum absolute atomic E-state index is 12.2. The first-order valence-electron chi connectivity index (χ1n) is 3.97. The summed E-state index contributed by atoms with van der Waals surface area (Å²) in [5, 5.41) is 0. The molecule has 0 aromatic carbocycles. The lowest BCUT2D eigenvalue weighted by Gasteiger charge is -2.29. The molecule has 0 radical (unpaired) electrons. The number of hydrogen-bond donors (Lipinski definition) is 1. The fourth-order valence-corrected chi connectivity index (χ4v) is 1.65. The van der Waals surface area contributed by atoms with E-state index in [4.69, 9.17) is 5.73 Å². The third-order valence-corrected chi connectivity index (χ3v) is 2.57. The topological polar surface area (TPSA) is 26.0 Å². The number of hydrogen-bond acceptors (Lipinski definition) is 1. The van der Waals surface area contributed by atoms with E-state index >= 15 is 0 Å². The minimum absolute atomic E-state index is 0.104. The third kappa shape index (κ3) is 1.97. The van der Waals surface area contributed by atoms with Crippen molar-refractivity contribution >= 4 is 0 Å². The normalized spacial score (nSPS) is 21.4. The van der Waals surface area contributed by atoms with Crippen molar-refractivity contribution in [3.8, 4) is 0 Å². The second-order valence-corrected chi connectivity index (χ2v) is 3.58. The highest BCUT2D eigenvalue weighted by Crippen LogP contribution is 2.61. The van der Waals surface area contributed by atoms with Gasteiger partial charge in [-0.2, -0.15) is 26.3 Å². The zero-order chi connectivity index (χ0) is 11.2. The minimum Gasteiger partial charge on any atom is -0.330 e. The largest absolute Gasteiger partial charge is 0.401 e. The SMILES string of the molecule is NCC1(C(C(F)(F)F)C(F)(F)F)CC1. The van der Waals surface area contributed by atoms with Crippen molar-refractivity contribution in [1.29, 1.82) is 0 Å². The molecule has 0 spiro atoms. The Morgan fingerprint density at radius 3 is 1.43 bits per heavy atom. The van der Waals surface area contributed by atoms with E-state index in [0.717, 1.165) is 0 Å². The Kier molecular flexibility index (Phi) is 2.50. The first-order valence-corrected chi connectivity index (χ1v) is 3.97. The lowest BCUT2D eigenvalue weighted by Crippen LogP contribution is -2.45. The molecule has 1 nitrogen and oxygen atoms in total. The fraction of sp³-hybridized carbons (Fsp3) is 1.00. The highest BCUT2D eigenvalue weighted by atomic mass is 19.4. The summed E-state index contributed by atoms with van der Waals surface area (Å²) in [4.78, 5) is 0. The van der Waals surface area contributed by atoms with Gasteiger partial charge in [-0.15, -0.1) is 0 Å².